The Morgan fingerprint density at radius 1 is 1.22 bits per heavy atom. The van der Waals surface area contributed by atoms with Crippen molar-refractivity contribution in [3.05, 3.63) is 77.6 Å². The average molecular weight is 389 g/mol. The lowest BCUT2D eigenvalue weighted by Gasteiger charge is -2.20. The Balaban J connectivity index is 2.07. The third-order valence-electron chi connectivity index (χ3n) is 4.24. The molecule has 1 unspecified atom stereocenters. The van der Waals surface area contributed by atoms with Crippen LogP contribution < -0.4 is 9.46 Å². The van der Waals surface area contributed by atoms with E-state index < -0.39 is 21.9 Å². The smallest absolute Gasteiger partial charge is 0.241 e. The number of aromatic nitrogens is 2. The molecule has 1 atom stereocenters. The van der Waals surface area contributed by atoms with Gasteiger partial charge in [-0.15, -0.1) is 0 Å². The Hall–Kier alpha value is -2.71. The molecule has 0 aliphatic carbocycles. The lowest BCUT2D eigenvalue weighted by molar-refractivity contribution is 0.413. The standard InChI is InChI=1S/C19H20FN3O3S/c1-13-11-15(20)7-8-17(13)27(24,25)22-18(19-21-9-10-23(19)2)14-5-4-6-16(12-14)26-3/h4-12,18,22H,1-3H3. The molecule has 0 fully saturated rings. The first kappa shape index (κ1) is 19.1. The molecule has 0 saturated heterocycles. The zero-order chi connectivity index (χ0) is 19.6. The van der Waals surface area contributed by atoms with Crippen molar-refractivity contribution in [3.63, 3.8) is 0 Å². The minimum atomic E-state index is -3.93. The molecule has 0 amide bonds. The van der Waals surface area contributed by atoms with E-state index in [1.165, 1.54) is 12.1 Å². The van der Waals surface area contributed by atoms with Gasteiger partial charge < -0.3 is 9.30 Å². The van der Waals surface area contributed by atoms with Crippen molar-refractivity contribution in [2.45, 2.75) is 17.9 Å². The maximum Gasteiger partial charge on any atom is 0.241 e. The van der Waals surface area contributed by atoms with Crippen molar-refractivity contribution in [2.24, 2.45) is 7.05 Å². The van der Waals surface area contributed by atoms with Crippen molar-refractivity contribution in [3.8, 4) is 5.75 Å². The summed E-state index contributed by atoms with van der Waals surface area (Å²) >= 11 is 0. The number of imidazole rings is 1. The maximum absolute atomic E-state index is 13.4. The van der Waals surface area contributed by atoms with Gasteiger partial charge in [0.05, 0.1) is 12.0 Å². The van der Waals surface area contributed by atoms with Crippen LogP contribution in [0, 0.1) is 12.7 Å². The monoisotopic (exact) mass is 389 g/mol. The van der Waals surface area contributed by atoms with Crippen LogP contribution in [-0.4, -0.2) is 25.1 Å². The zero-order valence-electron chi connectivity index (χ0n) is 15.2. The van der Waals surface area contributed by atoms with Gasteiger partial charge >= 0.3 is 0 Å². The van der Waals surface area contributed by atoms with E-state index in [0.29, 0.717) is 22.7 Å². The first-order valence-electron chi connectivity index (χ1n) is 8.21. The molecule has 1 aromatic heterocycles. The highest BCUT2D eigenvalue weighted by Crippen LogP contribution is 2.27. The molecular formula is C19H20FN3O3S. The molecule has 142 valence electrons. The summed E-state index contributed by atoms with van der Waals surface area (Å²) in [4.78, 5) is 4.32. The number of hydrogen-bond acceptors (Lipinski definition) is 4. The van der Waals surface area contributed by atoms with Crippen LogP contribution in [0.1, 0.15) is 23.0 Å². The molecule has 3 rings (SSSR count). The van der Waals surface area contributed by atoms with Crippen molar-refractivity contribution < 1.29 is 17.5 Å². The van der Waals surface area contributed by atoms with E-state index in [9.17, 15) is 12.8 Å². The van der Waals surface area contributed by atoms with Crippen LogP contribution in [0.5, 0.6) is 5.75 Å². The molecule has 0 aliphatic rings. The molecule has 6 nitrogen and oxygen atoms in total. The number of sulfonamides is 1. The molecule has 0 bridgehead atoms. The van der Waals surface area contributed by atoms with E-state index >= 15 is 0 Å². The van der Waals surface area contributed by atoms with Crippen LogP contribution >= 0.6 is 0 Å². The number of methoxy groups -OCH3 is 1. The topological polar surface area (TPSA) is 73.2 Å². The molecule has 0 spiro atoms. The Morgan fingerprint density at radius 3 is 2.63 bits per heavy atom. The zero-order valence-corrected chi connectivity index (χ0v) is 16.0. The minimum Gasteiger partial charge on any atom is -0.497 e. The number of rotatable bonds is 6. The molecule has 0 saturated carbocycles. The fourth-order valence-corrected chi connectivity index (χ4v) is 4.29. The fraction of sp³-hybridized carbons (Fsp3) is 0.211. The molecule has 0 radical (unpaired) electrons. The van der Waals surface area contributed by atoms with Crippen LogP contribution in [0.3, 0.4) is 0 Å². The number of nitrogens with one attached hydrogen (secondary N) is 1. The van der Waals surface area contributed by atoms with Crippen molar-refractivity contribution in [1.29, 1.82) is 0 Å². The summed E-state index contributed by atoms with van der Waals surface area (Å²) in [6.07, 6.45) is 3.33. The first-order valence-corrected chi connectivity index (χ1v) is 9.70. The van der Waals surface area contributed by atoms with Gasteiger partial charge in [-0.3, -0.25) is 0 Å². The van der Waals surface area contributed by atoms with E-state index in [0.717, 1.165) is 6.07 Å². The largest absolute Gasteiger partial charge is 0.497 e. The lowest BCUT2D eigenvalue weighted by atomic mass is 10.1. The predicted molar refractivity (Wildman–Crippen MR) is 99.5 cm³/mol. The Bertz CT molecular complexity index is 1060. The number of ether oxygens (including phenoxy) is 1. The highest BCUT2D eigenvalue weighted by Gasteiger charge is 2.27. The van der Waals surface area contributed by atoms with Gasteiger partial charge in [-0.25, -0.2) is 17.8 Å². The van der Waals surface area contributed by atoms with Gasteiger partial charge in [-0.1, -0.05) is 12.1 Å². The molecule has 1 N–H and O–H groups in total. The number of nitrogens with zero attached hydrogens (tertiary/aromatic N) is 2. The summed E-state index contributed by atoms with van der Waals surface area (Å²) in [6, 6.07) is 9.93. The van der Waals surface area contributed by atoms with Crippen molar-refractivity contribution in [1.82, 2.24) is 14.3 Å². The number of aryl methyl sites for hydroxylation is 2. The molecular weight excluding hydrogens is 369 g/mol. The molecule has 27 heavy (non-hydrogen) atoms. The van der Waals surface area contributed by atoms with Gasteiger partial charge in [-0.2, -0.15) is 4.72 Å². The van der Waals surface area contributed by atoms with E-state index in [-0.39, 0.29) is 4.90 Å². The first-order chi connectivity index (χ1) is 12.8. The number of hydrogen-bond donors (Lipinski definition) is 1. The minimum absolute atomic E-state index is 0.0194. The predicted octanol–water partition coefficient (Wildman–Crippen LogP) is 2.94. The summed E-state index contributed by atoms with van der Waals surface area (Å²) < 4.78 is 49.1. The molecule has 8 heteroatoms. The van der Waals surface area contributed by atoms with Crippen molar-refractivity contribution in [2.75, 3.05) is 7.11 Å². The number of halogens is 1. The van der Waals surface area contributed by atoms with Gasteiger partial charge in [0.2, 0.25) is 10.0 Å². The van der Waals surface area contributed by atoms with E-state index in [1.54, 1.807) is 62.3 Å². The molecule has 3 aromatic rings. The van der Waals surface area contributed by atoms with Crippen LogP contribution in [-0.2, 0) is 17.1 Å². The van der Waals surface area contributed by atoms with Crippen LogP contribution in [0.4, 0.5) is 4.39 Å². The second-order valence-electron chi connectivity index (χ2n) is 6.14. The third kappa shape index (κ3) is 4.01. The fourth-order valence-electron chi connectivity index (χ4n) is 2.88. The lowest BCUT2D eigenvalue weighted by Crippen LogP contribution is -2.31. The summed E-state index contributed by atoms with van der Waals surface area (Å²) in [5.41, 5.74) is 0.999. The Labute approximate surface area is 157 Å². The van der Waals surface area contributed by atoms with E-state index in [4.69, 9.17) is 4.74 Å². The normalized spacial score (nSPS) is 12.7. The van der Waals surface area contributed by atoms with Crippen molar-refractivity contribution >= 4 is 10.0 Å². The Morgan fingerprint density at radius 2 is 2.00 bits per heavy atom. The average Bonchev–Trinajstić information content (AvgIpc) is 3.05. The second kappa shape index (κ2) is 7.50. The van der Waals surface area contributed by atoms with Crippen LogP contribution in [0.15, 0.2) is 59.8 Å². The highest BCUT2D eigenvalue weighted by atomic mass is 32.2. The molecule has 0 aliphatic heterocycles. The van der Waals surface area contributed by atoms with Crippen LogP contribution in [0.25, 0.3) is 0 Å². The quantitative estimate of drug-likeness (QED) is 0.704. The van der Waals surface area contributed by atoms with Crippen LogP contribution in [0.2, 0.25) is 0 Å². The molecule has 1 heterocycles. The van der Waals surface area contributed by atoms with Gasteiger partial charge in [0.25, 0.3) is 0 Å². The van der Waals surface area contributed by atoms with E-state index in [2.05, 4.69) is 9.71 Å². The van der Waals surface area contributed by atoms with E-state index in [1.807, 2.05) is 0 Å². The van der Waals surface area contributed by atoms with Gasteiger partial charge in [-0.05, 0) is 48.4 Å². The summed E-state index contributed by atoms with van der Waals surface area (Å²) in [7, 11) is -0.601. The third-order valence-corrected chi connectivity index (χ3v) is 5.83. The summed E-state index contributed by atoms with van der Waals surface area (Å²) in [6.45, 7) is 1.55. The summed E-state index contributed by atoms with van der Waals surface area (Å²) in [5.74, 6) is 0.635. The number of benzene rings is 2. The Kier molecular flexibility index (Phi) is 5.29. The highest BCUT2D eigenvalue weighted by molar-refractivity contribution is 7.89. The molecule has 2 aromatic carbocycles. The van der Waals surface area contributed by atoms with Gasteiger partial charge in [0, 0.05) is 19.4 Å². The second-order valence-corrected chi connectivity index (χ2v) is 7.82. The van der Waals surface area contributed by atoms with Gasteiger partial charge in [0.15, 0.2) is 0 Å². The summed E-state index contributed by atoms with van der Waals surface area (Å²) in [5, 5.41) is 0. The SMILES string of the molecule is COc1cccc(C(NS(=O)(=O)c2ccc(F)cc2C)c2nccn2C)c1. The maximum atomic E-state index is 13.4. The van der Waals surface area contributed by atoms with Gasteiger partial charge in [0.1, 0.15) is 23.4 Å².